The fourth-order valence-corrected chi connectivity index (χ4v) is 5.18. The minimum Gasteiger partial charge on any atom is -0.481 e. The van der Waals surface area contributed by atoms with Crippen LogP contribution in [0.25, 0.3) is 0 Å². The normalized spacial score (nSPS) is 22.2. The Balaban J connectivity index is 2.36. The van der Waals surface area contributed by atoms with Gasteiger partial charge in [0.2, 0.25) is 10.0 Å². The van der Waals surface area contributed by atoms with Crippen LogP contribution in [0, 0.1) is 12.8 Å². The molecule has 1 aromatic carbocycles. The summed E-state index contributed by atoms with van der Waals surface area (Å²) < 4.78 is 27.0. The highest BCUT2D eigenvalue weighted by atomic mass is 32.2. The van der Waals surface area contributed by atoms with Gasteiger partial charge in [0.25, 0.3) is 0 Å². The highest BCUT2D eigenvalue weighted by Crippen LogP contribution is 2.34. The van der Waals surface area contributed by atoms with Crippen LogP contribution < -0.4 is 4.31 Å². The number of aliphatic carboxylic acids is 1. The summed E-state index contributed by atoms with van der Waals surface area (Å²) in [5, 5.41) is 8.40. The van der Waals surface area contributed by atoms with Gasteiger partial charge in [-0.1, -0.05) is 24.1 Å². The Morgan fingerprint density at radius 1 is 1.29 bits per heavy atom. The Hall–Kier alpha value is -1.56. The van der Waals surface area contributed by atoms with E-state index in [0.717, 1.165) is 5.56 Å². The highest BCUT2D eigenvalue weighted by Gasteiger charge is 2.44. The molecular weight excluding hydrogens is 290 g/mol. The van der Waals surface area contributed by atoms with Crippen molar-refractivity contribution in [2.75, 3.05) is 10.8 Å². The van der Waals surface area contributed by atoms with Crippen molar-refractivity contribution in [3.8, 4) is 0 Å². The quantitative estimate of drug-likeness (QED) is 0.906. The summed E-state index contributed by atoms with van der Waals surface area (Å²) in [6.07, 6.45) is 1.50. The van der Waals surface area contributed by atoms with E-state index in [-0.39, 0.29) is 0 Å². The van der Waals surface area contributed by atoms with Gasteiger partial charge in [0, 0.05) is 6.54 Å². The van der Waals surface area contributed by atoms with Crippen molar-refractivity contribution in [3.05, 3.63) is 29.8 Å². The Morgan fingerprint density at radius 3 is 2.43 bits per heavy atom. The third kappa shape index (κ3) is 3.05. The molecule has 0 radical (unpaired) electrons. The third-order valence-electron chi connectivity index (χ3n) is 4.07. The van der Waals surface area contributed by atoms with Gasteiger partial charge in [-0.15, -0.1) is 0 Å². The summed E-state index contributed by atoms with van der Waals surface area (Å²) in [7, 11) is -3.66. The predicted octanol–water partition coefficient (Wildman–Crippen LogP) is 2.40. The molecule has 2 atom stereocenters. The van der Waals surface area contributed by atoms with Gasteiger partial charge in [-0.25, -0.2) is 8.42 Å². The molecule has 1 N–H and O–H groups in total. The van der Waals surface area contributed by atoms with Crippen LogP contribution >= 0.6 is 0 Å². The number of aryl methyl sites for hydroxylation is 1. The van der Waals surface area contributed by atoms with Crippen molar-refractivity contribution >= 4 is 21.7 Å². The number of carbonyl (C=O) groups is 1. The molecule has 6 heteroatoms. The maximum absolute atomic E-state index is 12.8. The SMILES string of the molecule is CCN(c1ccc(C)cc1)S(=O)(=O)C1CCCC1C(=O)O. The maximum Gasteiger partial charge on any atom is 0.307 e. The van der Waals surface area contributed by atoms with Gasteiger partial charge in [0.15, 0.2) is 0 Å². The lowest BCUT2D eigenvalue weighted by molar-refractivity contribution is -0.141. The molecule has 0 aromatic heterocycles. The fourth-order valence-electron chi connectivity index (χ4n) is 2.95. The summed E-state index contributed by atoms with van der Waals surface area (Å²) in [6, 6.07) is 7.25. The number of rotatable bonds is 5. The van der Waals surface area contributed by atoms with Crippen molar-refractivity contribution in [1.29, 1.82) is 0 Å². The molecule has 0 heterocycles. The first-order valence-electron chi connectivity index (χ1n) is 7.19. The Morgan fingerprint density at radius 2 is 1.90 bits per heavy atom. The van der Waals surface area contributed by atoms with E-state index in [9.17, 15) is 18.3 Å². The van der Waals surface area contributed by atoms with Crippen molar-refractivity contribution < 1.29 is 18.3 Å². The van der Waals surface area contributed by atoms with Crippen LogP contribution in [0.5, 0.6) is 0 Å². The molecule has 0 aliphatic heterocycles. The highest BCUT2D eigenvalue weighted by molar-refractivity contribution is 7.93. The van der Waals surface area contributed by atoms with Gasteiger partial charge < -0.3 is 5.11 Å². The van der Waals surface area contributed by atoms with E-state index < -0.39 is 27.2 Å². The molecule has 0 bridgehead atoms. The Labute approximate surface area is 125 Å². The van der Waals surface area contributed by atoms with Crippen molar-refractivity contribution in [3.63, 3.8) is 0 Å². The number of carboxylic acid groups (broad SMARTS) is 1. The van der Waals surface area contributed by atoms with Gasteiger partial charge in [-0.05, 0) is 38.8 Å². The van der Waals surface area contributed by atoms with Crippen LogP contribution in [0.2, 0.25) is 0 Å². The average Bonchev–Trinajstić information content (AvgIpc) is 2.92. The molecule has 0 spiro atoms. The third-order valence-corrected chi connectivity index (χ3v) is 6.48. The smallest absolute Gasteiger partial charge is 0.307 e. The lowest BCUT2D eigenvalue weighted by atomic mass is 10.1. The summed E-state index contributed by atoms with van der Waals surface area (Å²) in [5.74, 6) is -1.81. The summed E-state index contributed by atoms with van der Waals surface area (Å²) >= 11 is 0. The summed E-state index contributed by atoms with van der Waals surface area (Å²) in [4.78, 5) is 11.3. The molecule has 0 amide bonds. The molecular formula is C15H21NO4S. The van der Waals surface area contributed by atoms with Crippen molar-refractivity contribution in [2.45, 2.75) is 38.4 Å². The zero-order chi connectivity index (χ0) is 15.6. The number of anilines is 1. The Kier molecular flexibility index (Phi) is 4.56. The number of carboxylic acids is 1. The van der Waals surface area contributed by atoms with Gasteiger partial charge in [-0.3, -0.25) is 9.10 Å². The molecule has 21 heavy (non-hydrogen) atoms. The molecule has 1 aromatic rings. The number of sulfonamides is 1. The number of benzene rings is 1. The van der Waals surface area contributed by atoms with E-state index in [4.69, 9.17) is 0 Å². The van der Waals surface area contributed by atoms with E-state index in [1.807, 2.05) is 19.1 Å². The van der Waals surface area contributed by atoms with Crippen LogP contribution in [0.3, 0.4) is 0 Å². The first-order chi connectivity index (χ1) is 9.87. The summed E-state index contributed by atoms with van der Waals surface area (Å²) in [6.45, 7) is 4.00. The monoisotopic (exact) mass is 311 g/mol. The van der Waals surface area contributed by atoms with Gasteiger partial charge >= 0.3 is 5.97 Å². The van der Waals surface area contributed by atoms with E-state index >= 15 is 0 Å². The lowest BCUT2D eigenvalue weighted by Crippen LogP contribution is -2.42. The van der Waals surface area contributed by atoms with Crippen LogP contribution in [0.1, 0.15) is 31.7 Å². The molecule has 116 valence electrons. The Bertz CT molecular complexity index is 609. The molecule has 0 saturated heterocycles. The molecule has 1 saturated carbocycles. The van der Waals surface area contributed by atoms with Crippen molar-refractivity contribution in [1.82, 2.24) is 0 Å². The first kappa shape index (κ1) is 15.8. The topological polar surface area (TPSA) is 74.7 Å². The second-order valence-electron chi connectivity index (χ2n) is 5.46. The van der Waals surface area contributed by atoms with E-state index in [2.05, 4.69) is 0 Å². The van der Waals surface area contributed by atoms with E-state index in [1.54, 1.807) is 19.1 Å². The fraction of sp³-hybridized carbons (Fsp3) is 0.533. The standard InChI is InChI=1S/C15H21NO4S/c1-3-16(12-9-7-11(2)8-10-12)21(19,20)14-6-4-5-13(14)15(17)18/h7-10,13-14H,3-6H2,1-2H3,(H,17,18). The number of nitrogens with zero attached hydrogens (tertiary/aromatic N) is 1. The second-order valence-corrected chi connectivity index (χ2v) is 7.54. The average molecular weight is 311 g/mol. The molecule has 1 fully saturated rings. The van der Waals surface area contributed by atoms with E-state index in [0.29, 0.717) is 31.5 Å². The molecule has 5 nitrogen and oxygen atoms in total. The van der Waals surface area contributed by atoms with Crippen LogP contribution in [0.4, 0.5) is 5.69 Å². The van der Waals surface area contributed by atoms with Gasteiger partial charge in [0.1, 0.15) is 0 Å². The van der Waals surface area contributed by atoms with Crippen LogP contribution in [0.15, 0.2) is 24.3 Å². The van der Waals surface area contributed by atoms with Crippen LogP contribution in [-0.4, -0.2) is 31.3 Å². The minimum atomic E-state index is -3.66. The van der Waals surface area contributed by atoms with Gasteiger partial charge in [-0.2, -0.15) is 0 Å². The predicted molar refractivity (Wildman–Crippen MR) is 81.9 cm³/mol. The van der Waals surface area contributed by atoms with Crippen LogP contribution in [-0.2, 0) is 14.8 Å². The maximum atomic E-state index is 12.8. The lowest BCUT2D eigenvalue weighted by Gasteiger charge is -2.28. The van der Waals surface area contributed by atoms with Crippen molar-refractivity contribution in [2.24, 2.45) is 5.92 Å². The summed E-state index contributed by atoms with van der Waals surface area (Å²) in [5.41, 5.74) is 1.65. The molecule has 1 aliphatic carbocycles. The van der Waals surface area contributed by atoms with Gasteiger partial charge in [0.05, 0.1) is 16.9 Å². The molecule has 2 rings (SSSR count). The zero-order valence-corrected chi connectivity index (χ0v) is 13.1. The first-order valence-corrected chi connectivity index (χ1v) is 8.69. The molecule has 1 aliphatic rings. The molecule has 2 unspecified atom stereocenters. The zero-order valence-electron chi connectivity index (χ0n) is 12.3. The van der Waals surface area contributed by atoms with E-state index in [1.165, 1.54) is 4.31 Å². The number of hydrogen-bond acceptors (Lipinski definition) is 3. The minimum absolute atomic E-state index is 0.300. The largest absolute Gasteiger partial charge is 0.481 e. The second kappa shape index (κ2) is 6.05. The number of hydrogen-bond donors (Lipinski definition) is 1.